The topological polar surface area (TPSA) is 72.5 Å². The Morgan fingerprint density at radius 3 is 2.54 bits per heavy atom. The summed E-state index contributed by atoms with van der Waals surface area (Å²) in [5.41, 5.74) is 0.249. The van der Waals surface area contributed by atoms with Crippen LogP contribution in [-0.2, 0) is 19.1 Å². The molecule has 0 radical (unpaired) electrons. The van der Waals surface area contributed by atoms with Gasteiger partial charge < -0.3 is 10.1 Å². The van der Waals surface area contributed by atoms with Crippen LogP contribution in [0.25, 0.3) is 0 Å². The number of halogens is 2. The lowest BCUT2D eigenvalue weighted by atomic mass is 9.67. The minimum Gasteiger partial charge on any atom is -0.452 e. The highest BCUT2D eigenvalue weighted by Gasteiger charge is 2.42. The van der Waals surface area contributed by atoms with Crippen LogP contribution in [0.4, 0.5) is 10.1 Å². The van der Waals surface area contributed by atoms with Crippen LogP contribution >= 0.6 is 11.6 Å². The van der Waals surface area contributed by atoms with Crippen molar-refractivity contribution in [3.8, 4) is 0 Å². The molecule has 26 heavy (non-hydrogen) atoms. The fourth-order valence-corrected chi connectivity index (χ4v) is 4.04. The predicted octanol–water partition coefficient (Wildman–Crippen LogP) is 3.74. The summed E-state index contributed by atoms with van der Waals surface area (Å²) in [4.78, 5) is 36.8. The first kappa shape index (κ1) is 18.8. The normalized spacial score (nSPS) is 26.1. The molecule has 0 heterocycles. The summed E-state index contributed by atoms with van der Waals surface area (Å²) in [6.07, 6.45) is 2.69. The third-order valence-electron chi connectivity index (χ3n) is 5.23. The zero-order chi connectivity index (χ0) is 18.8. The molecule has 5 nitrogen and oxygen atoms in total. The molecule has 0 saturated heterocycles. The Kier molecular flexibility index (Phi) is 5.61. The van der Waals surface area contributed by atoms with Gasteiger partial charge in [-0.05, 0) is 50.8 Å². The fourth-order valence-electron chi connectivity index (χ4n) is 3.82. The molecule has 0 spiro atoms. The van der Waals surface area contributed by atoms with Gasteiger partial charge in [0, 0.05) is 11.8 Å². The van der Waals surface area contributed by atoms with Crippen molar-refractivity contribution in [2.45, 2.75) is 45.1 Å². The van der Waals surface area contributed by atoms with Crippen LogP contribution in [-0.4, -0.2) is 23.8 Å². The van der Waals surface area contributed by atoms with E-state index in [-0.39, 0.29) is 34.2 Å². The van der Waals surface area contributed by atoms with E-state index in [1.807, 2.05) is 0 Å². The minimum absolute atomic E-state index is 0.0535. The molecule has 0 aromatic heterocycles. The van der Waals surface area contributed by atoms with Crippen LogP contribution < -0.4 is 5.32 Å². The van der Waals surface area contributed by atoms with Crippen molar-refractivity contribution in [3.05, 3.63) is 29.0 Å². The SMILES string of the molecule is C[C@@H](OC(=O)C1C[C@H]2CCC[C@@H](C1)C2=O)C(=O)Nc1ccc(F)cc1Cl. The Balaban J connectivity index is 1.57. The number of nitrogens with one attached hydrogen (secondary N) is 1. The molecule has 1 N–H and O–H groups in total. The number of carbonyl (C=O) groups excluding carboxylic acids is 3. The summed E-state index contributed by atoms with van der Waals surface area (Å²) in [7, 11) is 0. The molecule has 1 aromatic rings. The average molecular weight is 382 g/mol. The maximum atomic E-state index is 13.1. The molecule has 3 rings (SSSR count). The summed E-state index contributed by atoms with van der Waals surface area (Å²) < 4.78 is 18.4. The van der Waals surface area contributed by atoms with Gasteiger partial charge in [-0.1, -0.05) is 18.0 Å². The van der Waals surface area contributed by atoms with E-state index in [2.05, 4.69) is 5.32 Å². The van der Waals surface area contributed by atoms with Crippen LogP contribution in [0.15, 0.2) is 18.2 Å². The van der Waals surface area contributed by atoms with Gasteiger partial charge in [-0.3, -0.25) is 14.4 Å². The molecule has 2 aliphatic carbocycles. The van der Waals surface area contributed by atoms with Crippen molar-refractivity contribution < 1.29 is 23.5 Å². The second-order valence-corrected chi connectivity index (χ2v) is 7.50. The first-order valence-electron chi connectivity index (χ1n) is 8.85. The number of carbonyl (C=O) groups is 3. The lowest BCUT2D eigenvalue weighted by Crippen LogP contribution is -2.41. The maximum absolute atomic E-state index is 13.1. The number of hydrogen-bond donors (Lipinski definition) is 1. The standard InChI is InChI=1S/C19H21ClFNO4/c1-10(18(24)22-16-6-5-14(21)9-15(16)20)26-19(25)13-7-11-3-2-4-12(8-13)17(11)23/h5-6,9-13H,2-4,7-8H2,1H3,(H,22,24)/t10-,11-,12+,13?/m1/s1. The molecule has 2 fully saturated rings. The molecule has 1 amide bonds. The Bertz CT molecular complexity index is 722. The van der Waals surface area contributed by atoms with Gasteiger partial charge in [0.1, 0.15) is 11.6 Å². The van der Waals surface area contributed by atoms with Gasteiger partial charge in [0.25, 0.3) is 5.91 Å². The number of amides is 1. The number of fused-ring (bicyclic) bond motifs is 2. The van der Waals surface area contributed by atoms with Crippen LogP contribution in [0.3, 0.4) is 0 Å². The number of ether oxygens (including phenoxy) is 1. The largest absolute Gasteiger partial charge is 0.452 e. The molecule has 1 unspecified atom stereocenters. The number of anilines is 1. The third kappa shape index (κ3) is 4.06. The summed E-state index contributed by atoms with van der Waals surface area (Å²) in [6, 6.07) is 3.61. The van der Waals surface area contributed by atoms with E-state index in [4.69, 9.17) is 16.3 Å². The van der Waals surface area contributed by atoms with E-state index in [9.17, 15) is 18.8 Å². The van der Waals surface area contributed by atoms with Gasteiger partial charge in [-0.2, -0.15) is 0 Å². The van der Waals surface area contributed by atoms with Crippen LogP contribution in [0.5, 0.6) is 0 Å². The number of benzene rings is 1. The highest BCUT2D eigenvalue weighted by Crippen LogP contribution is 2.40. The second kappa shape index (κ2) is 7.74. The molecule has 2 saturated carbocycles. The molecule has 2 aliphatic rings. The minimum atomic E-state index is -1.01. The van der Waals surface area contributed by atoms with Crippen molar-refractivity contribution in [3.63, 3.8) is 0 Å². The summed E-state index contributed by atoms with van der Waals surface area (Å²) in [6.45, 7) is 1.47. The van der Waals surface area contributed by atoms with Gasteiger partial charge in [0.15, 0.2) is 6.10 Å². The quantitative estimate of drug-likeness (QED) is 0.806. The molecular formula is C19H21ClFNO4. The van der Waals surface area contributed by atoms with Gasteiger partial charge in [0.05, 0.1) is 16.6 Å². The van der Waals surface area contributed by atoms with Crippen molar-refractivity contribution in [1.82, 2.24) is 0 Å². The number of esters is 1. The average Bonchev–Trinajstić information content (AvgIpc) is 2.56. The van der Waals surface area contributed by atoms with Crippen LogP contribution in [0, 0.1) is 23.6 Å². The zero-order valence-corrected chi connectivity index (χ0v) is 15.2. The van der Waals surface area contributed by atoms with E-state index in [1.54, 1.807) is 0 Å². The lowest BCUT2D eigenvalue weighted by Gasteiger charge is -2.36. The fraction of sp³-hybridized carbons (Fsp3) is 0.526. The lowest BCUT2D eigenvalue weighted by molar-refractivity contribution is -0.161. The number of Topliss-reactive ketones (excluding diaryl/α,β-unsaturated/α-hetero) is 1. The first-order valence-corrected chi connectivity index (χ1v) is 9.23. The predicted molar refractivity (Wildman–Crippen MR) is 94.2 cm³/mol. The first-order chi connectivity index (χ1) is 12.3. The van der Waals surface area contributed by atoms with E-state index in [0.29, 0.717) is 12.8 Å². The van der Waals surface area contributed by atoms with Gasteiger partial charge in [-0.25, -0.2) is 4.39 Å². The molecule has 1 aromatic carbocycles. The number of hydrogen-bond acceptors (Lipinski definition) is 4. The summed E-state index contributed by atoms with van der Waals surface area (Å²) >= 11 is 5.88. The van der Waals surface area contributed by atoms with E-state index >= 15 is 0 Å². The molecule has 4 atom stereocenters. The van der Waals surface area contributed by atoms with E-state index in [1.165, 1.54) is 19.1 Å². The Labute approximate surface area is 156 Å². The van der Waals surface area contributed by atoms with Crippen molar-refractivity contribution in [2.24, 2.45) is 17.8 Å². The van der Waals surface area contributed by atoms with Crippen LogP contribution in [0.1, 0.15) is 39.0 Å². The highest BCUT2D eigenvalue weighted by atomic mass is 35.5. The van der Waals surface area contributed by atoms with Gasteiger partial charge in [-0.15, -0.1) is 0 Å². The van der Waals surface area contributed by atoms with Gasteiger partial charge >= 0.3 is 5.97 Å². The molecule has 0 aliphatic heterocycles. The second-order valence-electron chi connectivity index (χ2n) is 7.09. The Morgan fingerprint density at radius 1 is 1.27 bits per heavy atom. The smallest absolute Gasteiger partial charge is 0.309 e. The van der Waals surface area contributed by atoms with Crippen molar-refractivity contribution in [1.29, 1.82) is 0 Å². The summed E-state index contributed by atoms with van der Waals surface area (Å²) in [5.74, 6) is -1.67. The van der Waals surface area contributed by atoms with Crippen LogP contribution in [0.2, 0.25) is 5.02 Å². The van der Waals surface area contributed by atoms with Crippen molar-refractivity contribution >= 4 is 34.9 Å². The van der Waals surface area contributed by atoms with E-state index < -0.39 is 23.8 Å². The third-order valence-corrected chi connectivity index (χ3v) is 5.55. The van der Waals surface area contributed by atoms with Gasteiger partial charge in [0.2, 0.25) is 0 Å². The molecule has 7 heteroatoms. The number of ketones is 1. The zero-order valence-electron chi connectivity index (χ0n) is 14.5. The van der Waals surface area contributed by atoms with Crippen molar-refractivity contribution in [2.75, 3.05) is 5.32 Å². The van der Waals surface area contributed by atoms with E-state index in [0.717, 1.165) is 25.3 Å². The molecule has 2 bridgehead atoms. The Hall–Kier alpha value is -1.95. The Morgan fingerprint density at radius 2 is 1.92 bits per heavy atom. The molecular weight excluding hydrogens is 361 g/mol. The summed E-state index contributed by atoms with van der Waals surface area (Å²) in [5, 5.41) is 2.59. The molecule has 140 valence electrons. The monoisotopic (exact) mass is 381 g/mol. The highest BCUT2D eigenvalue weighted by molar-refractivity contribution is 6.33. The maximum Gasteiger partial charge on any atom is 0.309 e. The number of rotatable bonds is 4.